The van der Waals surface area contributed by atoms with Gasteiger partial charge < -0.3 is 19.5 Å². The van der Waals surface area contributed by atoms with E-state index in [0.717, 1.165) is 16.9 Å². The van der Waals surface area contributed by atoms with Crippen LogP contribution in [-0.2, 0) is 10.3 Å². The Morgan fingerprint density at radius 3 is 2.45 bits per heavy atom. The number of urea groups is 1. The molecule has 152 valence electrons. The van der Waals surface area contributed by atoms with Crippen LogP contribution in [0.5, 0.6) is 17.2 Å². The van der Waals surface area contributed by atoms with Gasteiger partial charge in [-0.15, -0.1) is 0 Å². The fourth-order valence-electron chi connectivity index (χ4n) is 3.72. The lowest BCUT2D eigenvalue weighted by atomic mass is 9.91. The van der Waals surface area contributed by atoms with Gasteiger partial charge in [0.25, 0.3) is 5.91 Å². The Balaban J connectivity index is 1.46. The summed E-state index contributed by atoms with van der Waals surface area (Å²) in [4.78, 5) is 26.8. The number of amides is 3. The molecule has 0 saturated carbocycles. The number of nitrogens with zero attached hydrogens (tertiary/aromatic N) is 1. The average molecular weight is 396 g/mol. The molecule has 4 rings (SSSR count). The first-order valence-corrected chi connectivity index (χ1v) is 9.62. The van der Waals surface area contributed by atoms with Gasteiger partial charge in [-0.05, 0) is 61.7 Å². The van der Waals surface area contributed by atoms with Gasteiger partial charge in [0.2, 0.25) is 0 Å². The number of aryl methyl sites for hydroxylation is 2. The third-order valence-electron chi connectivity index (χ3n) is 5.17. The molecule has 7 heteroatoms. The topological polar surface area (TPSA) is 77.1 Å². The highest BCUT2D eigenvalue weighted by Gasteiger charge is 2.49. The molecule has 3 amide bonds. The van der Waals surface area contributed by atoms with Gasteiger partial charge in [-0.3, -0.25) is 9.69 Å². The summed E-state index contributed by atoms with van der Waals surface area (Å²) >= 11 is 0. The van der Waals surface area contributed by atoms with E-state index in [2.05, 4.69) is 11.4 Å². The Morgan fingerprint density at radius 2 is 1.72 bits per heavy atom. The molecule has 2 aliphatic heterocycles. The molecular weight excluding hydrogens is 372 g/mol. The molecule has 0 spiro atoms. The molecule has 0 aromatic heterocycles. The highest BCUT2D eigenvalue weighted by molar-refractivity contribution is 6.07. The lowest BCUT2D eigenvalue weighted by Gasteiger charge is -2.25. The van der Waals surface area contributed by atoms with Crippen LogP contribution in [0, 0.1) is 13.8 Å². The Kier molecular flexibility index (Phi) is 4.82. The van der Waals surface area contributed by atoms with Crippen molar-refractivity contribution in [2.45, 2.75) is 26.3 Å². The highest BCUT2D eigenvalue weighted by atomic mass is 16.6. The van der Waals surface area contributed by atoms with E-state index in [1.165, 1.54) is 4.90 Å². The molecular formula is C22H24N2O5. The van der Waals surface area contributed by atoms with Crippen LogP contribution in [0.3, 0.4) is 0 Å². The standard InChI is InChI=1S/C22H24N2O5/c1-14-10-15(2)12-17(11-14)27-7-6-24-20(25)22(3,23-21(24)26)16-4-5-18-19(13-16)29-9-8-28-18/h4-5,10-13H,6-9H2,1-3H3,(H,23,26)/t22-/m0/s1. The molecule has 2 aromatic carbocycles. The second-order valence-corrected chi connectivity index (χ2v) is 7.54. The van der Waals surface area contributed by atoms with Gasteiger partial charge in [0.05, 0.1) is 6.54 Å². The minimum Gasteiger partial charge on any atom is -0.492 e. The second-order valence-electron chi connectivity index (χ2n) is 7.54. The van der Waals surface area contributed by atoms with Gasteiger partial charge in [-0.2, -0.15) is 0 Å². The van der Waals surface area contributed by atoms with Gasteiger partial charge in [0.15, 0.2) is 11.5 Å². The lowest BCUT2D eigenvalue weighted by Crippen LogP contribution is -2.41. The molecule has 2 aliphatic rings. The number of rotatable bonds is 5. The largest absolute Gasteiger partial charge is 0.492 e. The SMILES string of the molecule is Cc1cc(C)cc(OCCN2C(=O)N[C@@](C)(c3ccc4c(c3)OCCO4)C2=O)c1. The number of hydrogen-bond donors (Lipinski definition) is 1. The summed E-state index contributed by atoms with van der Waals surface area (Å²) in [7, 11) is 0. The number of hydrogen-bond acceptors (Lipinski definition) is 5. The first-order chi connectivity index (χ1) is 13.9. The van der Waals surface area contributed by atoms with E-state index in [9.17, 15) is 9.59 Å². The summed E-state index contributed by atoms with van der Waals surface area (Å²) in [6.45, 7) is 7.02. The quantitative estimate of drug-likeness (QED) is 0.787. The normalized spacial score (nSPS) is 20.6. The van der Waals surface area contributed by atoms with Gasteiger partial charge in [0.1, 0.15) is 31.1 Å². The van der Waals surface area contributed by atoms with E-state index < -0.39 is 11.6 Å². The van der Waals surface area contributed by atoms with Crippen molar-refractivity contribution in [3.8, 4) is 17.2 Å². The number of carbonyl (C=O) groups is 2. The van der Waals surface area contributed by atoms with Crippen LogP contribution in [0.25, 0.3) is 0 Å². The predicted octanol–water partition coefficient (Wildman–Crippen LogP) is 2.92. The van der Waals surface area contributed by atoms with Gasteiger partial charge >= 0.3 is 6.03 Å². The van der Waals surface area contributed by atoms with E-state index >= 15 is 0 Å². The monoisotopic (exact) mass is 396 g/mol. The van der Waals surface area contributed by atoms with Gasteiger partial charge in [0, 0.05) is 0 Å². The summed E-state index contributed by atoms with van der Waals surface area (Å²) in [5.74, 6) is 1.63. The fourth-order valence-corrected chi connectivity index (χ4v) is 3.72. The average Bonchev–Trinajstić information content (AvgIpc) is 2.91. The number of ether oxygens (including phenoxy) is 3. The minimum absolute atomic E-state index is 0.164. The van der Waals surface area contributed by atoms with Crippen LogP contribution in [0.4, 0.5) is 4.79 Å². The maximum atomic E-state index is 13.1. The van der Waals surface area contributed by atoms with Gasteiger partial charge in [-0.25, -0.2) is 4.79 Å². The molecule has 7 nitrogen and oxygen atoms in total. The number of fused-ring (bicyclic) bond motifs is 1. The Morgan fingerprint density at radius 1 is 1.03 bits per heavy atom. The van der Waals surface area contributed by atoms with Crippen LogP contribution >= 0.6 is 0 Å². The van der Waals surface area contributed by atoms with E-state index in [1.54, 1.807) is 25.1 Å². The van der Waals surface area contributed by atoms with Crippen LogP contribution in [0.15, 0.2) is 36.4 Å². The van der Waals surface area contributed by atoms with Crippen molar-refractivity contribution in [3.63, 3.8) is 0 Å². The fraction of sp³-hybridized carbons (Fsp3) is 0.364. The first kappa shape index (κ1) is 19.1. The predicted molar refractivity (Wildman–Crippen MR) is 106 cm³/mol. The highest BCUT2D eigenvalue weighted by Crippen LogP contribution is 2.36. The number of benzene rings is 2. The number of nitrogens with one attached hydrogen (secondary N) is 1. The molecule has 0 bridgehead atoms. The Bertz CT molecular complexity index is 953. The Hall–Kier alpha value is -3.22. The van der Waals surface area contributed by atoms with Crippen LogP contribution < -0.4 is 19.5 Å². The van der Waals surface area contributed by atoms with Crippen molar-refractivity contribution < 1.29 is 23.8 Å². The number of imide groups is 1. The number of carbonyl (C=O) groups excluding carboxylic acids is 2. The molecule has 2 heterocycles. The zero-order valence-electron chi connectivity index (χ0n) is 16.8. The van der Waals surface area contributed by atoms with Crippen molar-refractivity contribution >= 4 is 11.9 Å². The third-order valence-corrected chi connectivity index (χ3v) is 5.17. The molecule has 1 fully saturated rings. The Labute approximate surface area is 169 Å². The summed E-state index contributed by atoms with van der Waals surface area (Å²) < 4.78 is 16.9. The molecule has 1 N–H and O–H groups in total. The van der Waals surface area contributed by atoms with Crippen molar-refractivity contribution in [1.29, 1.82) is 0 Å². The smallest absolute Gasteiger partial charge is 0.325 e. The second kappa shape index (κ2) is 7.31. The van der Waals surface area contributed by atoms with Crippen LogP contribution in [0.2, 0.25) is 0 Å². The third kappa shape index (κ3) is 3.60. The molecule has 29 heavy (non-hydrogen) atoms. The maximum absolute atomic E-state index is 13.1. The molecule has 1 atom stereocenters. The summed E-state index contributed by atoms with van der Waals surface area (Å²) in [5.41, 5.74) is 1.69. The zero-order chi connectivity index (χ0) is 20.6. The van der Waals surface area contributed by atoms with E-state index in [0.29, 0.717) is 30.3 Å². The molecule has 1 saturated heterocycles. The molecule has 0 radical (unpaired) electrons. The summed E-state index contributed by atoms with van der Waals surface area (Å²) in [6, 6.07) is 10.8. The van der Waals surface area contributed by atoms with Gasteiger partial charge in [-0.1, -0.05) is 12.1 Å². The van der Waals surface area contributed by atoms with E-state index in [4.69, 9.17) is 14.2 Å². The van der Waals surface area contributed by atoms with Crippen molar-refractivity contribution in [1.82, 2.24) is 10.2 Å². The van der Waals surface area contributed by atoms with Crippen LogP contribution in [-0.4, -0.2) is 43.2 Å². The van der Waals surface area contributed by atoms with Crippen molar-refractivity contribution in [2.75, 3.05) is 26.4 Å². The van der Waals surface area contributed by atoms with Crippen LogP contribution in [0.1, 0.15) is 23.6 Å². The zero-order valence-corrected chi connectivity index (χ0v) is 16.8. The maximum Gasteiger partial charge on any atom is 0.325 e. The minimum atomic E-state index is -1.16. The van der Waals surface area contributed by atoms with E-state index in [1.807, 2.05) is 26.0 Å². The van der Waals surface area contributed by atoms with E-state index in [-0.39, 0.29) is 19.1 Å². The van der Waals surface area contributed by atoms with Crippen molar-refractivity contribution in [3.05, 3.63) is 53.1 Å². The summed E-state index contributed by atoms with van der Waals surface area (Å²) in [5, 5.41) is 2.81. The molecule has 0 unspecified atom stereocenters. The molecule has 2 aromatic rings. The summed E-state index contributed by atoms with van der Waals surface area (Å²) in [6.07, 6.45) is 0. The first-order valence-electron chi connectivity index (χ1n) is 9.62. The molecule has 0 aliphatic carbocycles. The lowest BCUT2D eigenvalue weighted by molar-refractivity contribution is -0.131. The van der Waals surface area contributed by atoms with Crippen molar-refractivity contribution in [2.24, 2.45) is 0 Å².